The fourth-order valence-electron chi connectivity index (χ4n) is 2.57. The lowest BCUT2D eigenvalue weighted by molar-refractivity contribution is 0.199. The molecule has 4 heteroatoms. The van der Waals surface area contributed by atoms with E-state index in [-0.39, 0.29) is 0 Å². The van der Waals surface area contributed by atoms with Gasteiger partial charge >= 0.3 is 0 Å². The molecular formula is C17H19N3O. The highest BCUT2D eigenvalue weighted by molar-refractivity contribution is 5.85. The summed E-state index contributed by atoms with van der Waals surface area (Å²) < 4.78 is 1.85. The van der Waals surface area contributed by atoms with Crippen LogP contribution in [0.5, 0.6) is 0 Å². The summed E-state index contributed by atoms with van der Waals surface area (Å²) in [6.45, 7) is 5.89. The molecule has 3 aromatic rings. The number of fused-ring (bicyclic) bond motifs is 1. The summed E-state index contributed by atoms with van der Waals surface area (Å²) in [5.74, 6) is 0. The molecule has 1 aromatic carbocycles. The smallest absolute Gasteiger partial charge is 0.0762 e. The molecule has 2 aromatic heterocycles. The van der Waals surface area contributed by atoms with Gasteiger partial charge in [0.2, 0.25) is 0 Å². The molecule has 1 N–H and O–H groups in total. The van der Waals surface area contributed by atoms with Crippen LogP contribution < -0.4 is 0 Å². The molecule has 3 rings (SSSR count). The summed E-state index contributed by atoms with van der Waals surface area (Å²) in [5.41, 5.74) is 6.03. The van der Waals surface area contributed by atoms with Gasteiger partial charge in [0.05, 0.1) is 23.5 Å². The second-order valence-electron chi connectivity index (χ2n) is 5.54. The van der Waals surface area contributed by atoms with Crippen molar-refractivity contribution in [2.45, 2.75) is 26.9 Å². The highest BCUT2D eigenvalue weighted by atomic mass is 16.3. The first-order valence-corrected chi connectivity index (χ1v) is 7.05. The zero-order chi connectivity index (χ0) is 15.1. The lowest BCUT2D eigenvalue weighted by Gasteiger charge is -2.10. The summed E-state index contributed by atoms with van der Waals surface area (Å²) in [5, 5.41) is 15.1. The first-order chi connectivity index (χ1) is 9.97. The normalized spacial score (nSPS) is 12.8. The van der Waals surface area contributed by atoms with Crippen molar-refractivity contribution in [3.05, 3.63) is 47.3 Å². The van der Waals surface area contributed by atoms with Gasteiger partial charge in [-0.1, -0.05) is 12.1 Å². The Morgan fingerprint density at radius 2 is 1.95 bits per heavy atom. The van der Waals surface area contributed by atoms with Crippen LogP contribution in [0.4, 0.5) is 0 Å². The molecule has 21 heavy (non-hydrogen) atoms. The number of hydrogen-bond donors (Lipinski definition) is 1. The number of rotatable bonds is 2. The number of benzene rings is 1. The average molecular weight is 281 g/mol. The van der Waals surface area contributed by atoms with Crippen LogP contribution in [0.15, 0.2) is 30.5 Å². The van der Waals surface area contributed by atoms with Gasteiger partial charge in [-0.2, -0.15) is 5.10 Å². The Kier molecular flexibility index (Phi) is 3.26. The molecule has 1 unspecified atom stereocenters. The maximum atomic E-state index is 9.75. The second-order valence-corrected chi connectivity index (χ2v) is 5.54. The van der Waals surface area contributed by atoms with Crippen molar-refractivity contribution in [2.75, 3.05) is 0 Å². The van der Waals surface area contributed by atoms with Crippen molar-refractivity contribution in [2.24, 2.45) is 7.05 Å². The summed E-state index contributed by atoms with van der Waals surface area (Å²) in [6.07, 6.45) is 1.36. The molecule has 1 atom stereocenters. The van der Waals surface area contributed by atoms with Crippen LogP contribution in [0.1, 0.15) is 29.8 Å². The van der Waals surface area contributed by atoms with Gasteiger partial charge in [-0.3, -0.25) is 4.68 Å². The van der Waals surface area contributed by atoms with E-state index in [0.717, 1.165) is 33.4 Å². The Morgan fingerprint density at radius 1 is 1.19 bits per heavy atom. The van der Waals surface area contributed by atoms with Crippen LogP contribution in [0.25, 0.3) is 22.2 Å². The first-order valence-electron chi connectivity index (χ1n) is 7.05. The van der Waals surface area contributed by atoms with Gasteiger partial charge in [-0.05, 0) is 44.0 Å². The number of hydrogen-bond acceptors (Lipinski definition) is 3. The minimum Gasteiger partial charge on any atom is -0.389 e. The SMILES string of the molecule is Cc1cc(-c2cnn(C)c2C)nc2cc(C(C)O)ccc12. The molecule has 0 saturated carbocycles. The topological polar surface area (TPSA) is 50.9 Å². The van der Waals surface area contributed by atoms with Crippen molar-refractivity contribution in [1.29, 1.82) is 0 Å². The largest absolute Gasteiger partial charge is 0.389 e. The fraction of sp³-hybridized carbons (Fsp3) is 0.294. The van der Waals surface area contributed by atoms with Crippen LogP contribution in [0.3, 0.4) is 0 Å². The lowest BCUT2D eigenvalue weighted by atomic mass is 10.0. The van der Waals surface area contributed by atoms with Gasteiger partial charge in [0.25, 0.3) is 0 Å². The number of aryl methyl sites for hydroxylation is 2. The summed E-state index contributed by atoms with van der Waals surface area (Å²) in [4.78, 5) is 4.76. The van der Waals surface area contributed by atoms with Crippen LogP contribution in [0.2, 0.25) is 0 Å². The predicted octanol–water partition coefficient (Wildman–Crippen LogP) is 3.31. The van der Waals surface area contributed by atoms with E-state index in [2.05, 4.69) is 18.1 Å². The van der Waals surface area contributed by atoms with Crippen LogP contribution in [0, 0.1) is 13.8 Å². The molecule has 0 amide bonds. The van der Waals surface area contributed by atoms with E-state index in [0.29, 0.717) is 0 Å². The Morgan fingerprint density at radius 3 is 2.57 bits per heavy atom. The number of nitrogens with zero attached hydrogens (tertiary/aromatic N) is 3. The molecule has 0 aliphatic rings. The van der Waals surface area contributed by atoms with E-state index < -0.39 is 6.10 Å². The summed E-state index contributed by atoms with van der Waals surface area (Å²) >= 11 is 0. The third kappa shape index (κ3) is 2.32. The minimum atomic E-state index is -0.486. The fourth-order valence-corrected chi connectivity index (χ4v) is 2.57. The van der Waals surface area contributed by atoms with E-state index in [1.54, 1.807) is 6.92 Å². The molecular weight excluding hydrogens is 262 g/mol. The molecule has 0 spiro atoms. The number of pyridine rings is 1. The van der Waals surface area contributed by atoms with E-state index in [1.165, 1.54) is 5.56 Å². The zero-order valence-corrected chi connectivity index (χ0v) is 12.8. The summed E-state index contributed by atoms with van der Waals surface area (Å²) in [7, 11) is 1.93. The van der Waals surface area contributed by atoms with Crippen molar-refractivity contribution >= 4 is 10.9 Å². The third-order valence-corrected chi connectivity index (χ3v) is 4.03. The van der Waals surface area contributed by atoms with Crippen LogP contribution in [-0.4, -0.2) is 19.9 Å². The molecule has 0 bridgehead atoms. The van der Waals surface area contributed by atoms with Crippen molar-refractivity contribution in [3.8, 4) is 11.3 Å². The Hall–Kier alpha value is -2.20. The first kappa shape index (κ1) is 13.8. The van der Waals surface area contributed by atoms with Gasteiger partial charge in [0.1, 0.15) is 0 Å². The molecule has 4 nitrogen and oxygen atoms in total. The maximum absolute atomic E-state index is 9.75. The standard InChI is InChI=1S/C17H19N3O/c1-10-7-16(15-9-18-20(4)11(15)2)19-17-8-13(12(3)21)5-6-14(10)17/h5-9,12,21H,1-4H3. The highest BCUT2D eigenvalue weighted by Gasteiger charge is 2.11. The van der Waals surface area contributed by atoms with E-state index >= 15 is 0 Å². The number of aliphatic hydroxyl groups is 1. The van der Waals surface area contributed by atoms with Crippen LogP contribution >= 0.6 is 0 Å². The van der Waals surface area contributed by atoms with Crippen molar-refractivity contribution in [3.63, 3.8) is 0 Å². The quantitative estimate of drug-likeness (QED) is 0.784. The molecule has 0 fully saturated rings. The molecule has 0 saturated heterocycles. The van der Waals surface area contributed by atoms with Gasteiger partial charge in [0, 0.05) is 23.7 Å². The highest BCUT2D eigenvalue weighted by Crippen LogP contribution is 2.27. The molecule has 0 radical (unpaired) electrons. The van der Waals surface area contributed by atoms with Gasteiger partial charge in [0.15, 0.2) is 0 Å². The molecule has 2 heterocycles. The lowest BCUT2D eigenvalue weighted by Crippen LogP contribution is -1.95. The Balaban J connectivity index is 2.23. The summed E-state index contributed by atoms with van der Waals surface area (Å²) in [6, 6.07) is 8.03. The molecule has 0 aliphatic heterocycles. The van der Waals surface area contributed by atoms with Gasteiger partial charge < -0.3 is 5.11 Å². The van der Waals surface area contributed by atoms with Gasteiger partial charge in [-0.25, -0.2) is 4.98 Å². The number of aromatic nitrogens is 3. The third-order valence-electron chi connectivity index (χ3n) is 4.03. The monoisotopic (exact) mass is 281 g/mol. The van der Waals surface area contributed by atoms with Crippen molar-refractivity contribution in [1.82, 2.24) is 14.8 Å². The Bertz CT molecular complexity index is 818. The van der Waals surface area contributed by atoms with E-state index in [1.807, 2.05) is 43.0 Å². The minimum absolute atomic E-state index is 0.486. The van der Waals surface area contributed by atoms with E-state index in [9.17, 15) is 5.11 Å². The zero-order valence-electron chi connectivity index (χ0n) is 12.8. The second kappa shape index (κ2) is 4.97. The predicted molar refractivity (Wildman–Crippen MR) is 84.1 cm³/mol. The Labute approximate surface area is 124 Å². The van der Waals surface area contributed by atoms with Gasteiger partial charge in [-0.15, -0.1) is 0 Å². The van der Waals surface area contributed by atoms with Crippen LogP contribution in [-0.2, 0) is 7.05 Å². The molecule has 108 valence electrons. The molecule has 0 aliphatic carbocycles. The van der Waals surface area contributed by atoms with Crippen molar-refractivity contribution < 1.29 is 5.11 Å². The average Bonchev–Trinajstić information content (AvgIpc) is 2.78. The number of aliphatic hydroxyl groups excluding tert-OH is 1. The maximum Gasteiger partial charge on any atom is 0.0762 e. The van der Waals surface area contributed by atoms with E-state index in [4.69, 9.17) is 4.98 Å².